The lowest BCUT2D eigenvalue weighted by Crippen LogP contribution is -2.30. The molecule has 0 saturated carbocycles. The standard InChI is InChI=1S/C20H19FN6O4/c1-9(2)15-16(10(3)28)25-27-19(15)26(17-12(20(27)31)7-23-18(17)30)8-14(29)24-13-5-4-11(21)6-22-13/h4-6,9H,7-8H2,1-3H3,(H,23,30)(H,22,24,29). The summed E-state index contributed by atoms with van der Waals surface area (Å²) >= 11 is 0. The van der Waals surface area contributed by atoms with Gasteiger partial charge in [-0.25, -0.2) is 9.37 Å². The first-order valence-corrected chi connectivity index (χ1v) is 9.57. The molecule has 11 heteroatoms. The third-order valence-corrected chi connectivity index (χ3v) is 5.01. The van der Waals surface area contributed by atoms with Crippen LogP contribution in [0.4, 0.5) is 10.2 Å². The van der Waals surface area contributed by atoms with Crippen molar-refractivity contribution < 1.29 is 18.8 Å². The summed E-state index contributed by atoms with van der Waals surface area (Å²) in [5, 5.41) is 9.34. The van der Waals surface area contributed by atoms with Crippen LogP contribution >= 0.6 is 0 Å². The Balaban J connectivity index is 1.91. The zero-order valence-electron chi connectivity index (χ0n) is 17.0. The third-order valence-electron chi connectivity index (χ3n) is 5.01. The molecule has 0 unspecified atom stereocenters. The smallest absolute Gasteiger partial charge is 0.280 e. The average Bonchev–Trinajstić information content (AvgIpc) is 3.29. The van der Waals surface area contributed by atoms with Gasteiger partial charge in [-0.05, 0) is 18.1 Å². The first-order chi connectivity index (χ1) is 14.7. The van der Waals surface area contributed by atoms with E-state index in [1.807, 2.05) is 13.8 Å². The summed E-state index contributed by atoms with van der Waals surface area (Å²) in [6.07, 6.45) is 0.964. The number of hydrogen-bond donors (Lipinski definition) is 2. The number of rotatable bonds is 5. The number of anilines is 1. The van der Waals surface area contributed by atoms with Crippen LogP contribution in [0.25, 0.3) is 5.65 Å². The SMILES string of the molecule is CC(=O)c1nn2c(=O)c3c(n(CC(=O)Nc4ccc(F)cn4)c2c1C(C)C)C(=O)NC3. The number of halogens is 1. The number of pyridine rings is 1. The minimum Gasteiger partial charge on any atom is -0.346 e. The van der Waals surface area contributed by atoms with Gasteiger partial charge in [-0.2, -0.15) is 9.61 Å². The summed E-state index contributed by atoms with van der Waals surface area (Å²) in [7, 11) is 0. The fourth-order valence-corrected chi connectivity index (χ4v) is 3.71. The number of fused-ring (bicyclic) bond motifs is 2. The van der Waals surface area contributed by atoms with Crippen LogP contribution in [0.5, 0.6) is 0 Å². The van der Waals surface area contributed by atoms with Crippen LogP contribution in [0.3, 0.4) is 0 Å². The van der Waals surface area contributed by atoms with Crippen molar-refractivity contribution in [2.75, 3.05) is 5.32 Å². The van der Waals surface area contributed by atoms with Crippen LogP contribution in [0.1, 0.15) is 58.8 Å². The molecule has 2 N–H and O–H groups in total. The van der Waals surface area contributed by atoms with Gasteiger partial charge < -0.3 is 15.2 Å². The predicted octanol–water partition coefficient (Wildman–Crippen LogP) is 1.24. The Morgan fingerprint density at radius 3 is 2.65 bits per heavy atom. The highest BCUT2D eigenvalue weighted by Gasteiger charge is 2.32. The maximum absolute atomic E-state index is 13.1. The summed E-state index contributed by atoms with van der Waals surface area (Å²) in [6, 6.07) is 2.45. The third kappa shape index (κ3) is 3.37. The number of nitrogens with one attached hydrogen (secondary N) is 2. The van der Waals surface area contributed by atoms with Crippen molar-refractivity contribution >= 4 is 29.1 Å². The van der Waals surface area contributed by atoms with Crippen molar-refractivity contribution in [1.82, 2.24) is 24.5 Å². The molecule has 1 aliphatic rings. The normalized spacial score (nSPS) is 12.9. The highest BCUT2D eigenvalue weighted by Crippen LogP contribution is 2.27. The lowest BCUT2D eigenvalue weighted by Gasteiger charge is -2.16. The Kier molecular flexibility index (Phi) is 4.88. The van der Waals surface area contributed by atoms with Gasteiger partial charge in [0.05, 0.1) is 18.3 Å². The maximum Gasteiger partial charge on any atom is 0.280 e. The zero-order chi connectivity index (χ0) is 22.4. The molecule has 0 atom stereocenters. The molecular weight excluding hydrogens is 407 g/mol. The van der Waals surface area contributed by atoms with Crippen molar-refractivity contribution in [1.29, 1.82) is 0 Å². The minimum atomic E-state index is -0.549. The summed E-state index contributed by atoms with van der Waals surface area (Å²) in [4.78, 5) is 54.2. The number of amides is 2. The van der Waals surface area contributed by atoms with E-state index in [2.05, 4.69) is 20.7 Å². The fraction of sp³-hybridized carbons (Fsp3) is 0.300. The molecular formula is C20H19FN6O4. The van der Waals surface area contributed by atoms with E-state index in [0.717, 1.165) is 16.8 Å². The van der Waals surface area contributed by atoms with Crippen molar-refractivity contribution in [3.05, 3.63) is 57.0 Å². The molecule has 31 heavy (non-hydrogen) atoms. The highest BCUT2D eigenvalue weighted by molar-refractivity contribution is 6.00. The number of Topliss-reactive ketones (excluding diaryl/α,β-unsaturated/α-hetero) is 1. The molecule has 3 aromatic rings. The molecule has 0 fully saturated rings. The molecule has 10 nitrogen and oxygen atoms in total. The van der Waals surface area contributed by atoms with Crippen molar-refractivity contribution in [3.8, 4) is 0 Å². The highest BCUT2D eigenvalue weighted by atomic mass is 19.1. The zero-order valence-corrected chi connectivity index (χ0v) is 17.0. The first-order valence-electron chi connectivity index (χ1n) is 9.57. The average molecular weight is 426 g/mol. The lowest BCUT2D eigenvalue weighted by molar-refractivity contribution is -0.116. The molecule has 1 aliphatic heterocycles. The van der Waals surface area contributed by atoms with E-state index in [0.29, 0.717) is 5.56 Å². The molecule has 160 valence electrons. The predicted molar refractivity (Wildman–Crippen MR) is 108 cm³/mol. The molecule has 4 heterocycles. The second-order valence-electron chi connectivity index (χ2n) is 7.52. The topological polar surface area (TPSA) is 127 Å². The molecule has 0 radical (unpaired) electrons. The molecule has 3 aromatic heterocycles. The quantitative estimate of drug-likeness (QED) is 0.591. The molecule has 2 amide bonds. The van der Waals surface area contributed by atoms with Gasteiger partial charge in [0.25, 0.3) is 11.5 Å². The number of hydrogen-bond acceptors (Lipinski definition) is 6. The van der Waals surface area contributed by atoms with Gasteiger partial charge in [0.15, 0.2) is 5.78 Å². The largest absolute Gasteiger partial charge is 0.346 e. The van der Waals surface area contributed by atoms with Gasteiger partial charge >= 0.3 is 0 Å². The lowest BCUT2D eigenvalue weighted by atomic mass is 10.0. The number of carbonyl (C=O) groups excluding carboxylic acids is 3. The molecule has 0 bridgehead atoms. The van der Waals surface area contributed by atoms with E-state index in [-0.39, 0.29) is 53.2 Å². The Labute approximate surface area is 175 Å². The molecule has 4 rings (SSSR count). The fourth-order valence-electron chi connectivity index (χ4n) is 3.71. The van der Waals surface area contributed by atoms with Gasteiger partial charge in [0, 0.05) is 12.5 Å². The summed E-state index contributed by atoms with van der Waals surface area (Å²) in [6.45, 7) is 4.65. The van der Waals surface area contributed by atoms with Crippen LogP contribution in [0.2, 0.25) is 0 Å². The second kappa shape index (κ2) is 7.42. The summed E-state index contributed by atoms with van der Waals surface area (Å²) in [5.41, 5.74) is 0.498. The molecule has 0 aliphatic carbocycles. The van der Waals surface area contributed by atoms with Gasteiger partial charge in [0.2, 0.25) is 5.91 Å². The van der Waals surface area contributed by atoms with Crippen LogP contribution in [0.15, 0.2) is 23.1 Å². The Morgan fingerprint density at radius 2 is 2.03 bits per heavy atom. The van der Waals surface area contributed by atoms with E-state index >= 15 is 0 Å². The maximum atomic E-state index is 13.1. The Bertz CT molecular complexity index is 1310. The van der Waals surface area contributed by atoms with Gasteiger partial charge in [-0.3, -0.25) is 19.2 Å². The van der Waals surface area contributed by atoms with Crippen molar-refractivity contribution in [2.24, 2.45) is 0 Å². The number of carbonyl (C=O) groups is 3. The minimum absolute atomic E-state index is 0.00362. The van der Waals surface area contributed by atoms with Gasteiger partial charge in [0.1, 0.15) is 35.2 Å². The summed E-state index contributed by atoms with van der Waals surface area (Å²) < 4.78 is 15.5. The molecule has 0 aromatic carbocycles. The number of ketones is 1. The van der Waals surface area contributed by atoms with Crippen molar-refractivity contribution in [3.63, 3.8) is 0 Å². The van der Waals surface area contributed by atoms with E-state index in [1.54, 1.807) is 0 Å². The second-order valence-corrected chi connectivity index (χ2v) is 7.52. The monoisotopic (exact) mass is 426 g/mol. The molecule has 0 spiro atoms. The van der Waals surface area contributed by atoms with E-state index < -0.39 is 23.2 Å². The number of aromatic nitrogens is 4. The van der Waals surface area contributed by atoms with E-state index in [1.165, 1.54) is 17.6 Å². The van der Waals surface area contributed by atoms with Crippen LogP contribution in [-0.4, -0.2) is 36.8 Å². The Hall–Kier alpha value is -3.89. The Morgan fingerprint density at radius 1 is 1.29 bits per heavy atom. The van der Waals surface area contributed by atoms with Crippen molar-refractivity contribution in [2.45, 2.75) is 39.8 Å². The van der Waals surface area contributed by atoms with Gasteiger partial charge in [-0.1, -0.05) is 13.8 Å². The van der Waals surface area contributed by atoms with E-state index in [9.17, 15) is 23.6 Å². The van der Waals surface area contributed by atoms with Crippen LogP contribution < -0.4 is 16.2 Å². The number of nitrogens with zero attached hydrogens (tertiary/aromatic N) is 4. The van der Waals surface area contributed by atoms with E-state index in [4.69, 9.17) is 0 Å². The molecule has 0 saturated heterocycles. The van der Waals surface area contributed by atoms with Crippen LogP contribution in [-0.2, 0) is 17.9 Å². The first kappa shape index (κ1) is 20.4. The van der Waals surface area contributed by atoms with Crippen LogP contribution in [0, 0.1) is 5.82 Å². The van der Waals surface area contributed by atoms with Gasteiger partial charge in [-0.15, -0.1) is 0 Å². The summed E-state index contributed by atoms with van der Waals surface area (Å²) in [5.74, 6) is -2.01.